The molecule has 1 heterocycles. The molecule has 0 atom stereocenters. The Balaban J connectivity index is 2.23. The number of aromatic nitrogens is 3. The molecule has 100 valence electrons. The second-order valence-corrected chi connectivity index (χ2v) is 3.99. The van der Waals surface area contributed by atoms with Crippen LogP contribution < -0.4 is 0 Å². The Morgan fingerprint density at radius 2 is 2.16 bits per heavy atom. The van der Waals surface area contributed by atoms with E-state index in [9.17, 15) is 9.18 Å². The number of rotatable bonds is 4. The van der Waals surface area contributed by atoms with Crippen molar-refractivity contribution in [3.8, 4) is 0 Å². The van der Waals surface area contributed by atoms with E-state index in [0.717, 1.165) is 0 Å². The molecule has 0 amide bonds. The van der Waals surface area contributed by atoms with Crippen LogP contribution in [0.2, 0.25) is 0 Å². The number of ether oxygens (including phenoxy) is 1. The fourth-order valence-electron chi connectivity index (χ4n) is 1.69. The first-order chi connectivity index (χ1) is 9.13. The third-order valence-electron chi connectivity index (χ3n) is 2.73. The molecule has 0 bridgehead atoms. The van der Waals surface area contributed by atoms with E-state index in [4.69, 9.17) is 4.74 Å². The van der Waals surface area contributed by atoms with Gasteiger partial charge in [0.15, 0.2) is 5.69 Å². The van der Waals surface area contributed by atoms with Crippen LogP contribution in [-0.2, 0) is 11.3 Å². The van der Waals surface area contributed by atoms with Gasteiger partial charge in [-0.25, -0.2) is 13.9 Å². The molecule has 2 rings (SSSR count). The molecule has 2 aromatic rings. The highest BCUT2D eigenvalue weighted by Gasteiger charge is 2.17. The van der Waals surface area contributed by atoms with Gasteiger partial charge >= 0.3 is 5.97 Å². The summed E-state index contributed by atoms with van der Waals surface area (Å²) in [7, 11) is 0. The van der Waals surface area contributed by atoms with E-state index < -0.39 is 5.97 Å². The van der Waals surface area contributed by atoms with Gasteiger partial charge in [0, 0.05) is 5.56 Å². The topological polar surface area (TPSA) is 57.0 Å². The van der Waals surface area contributed by atoms with Crippen LogP contribution in [0.4, 0.5) is 4.39 Å². The Hall–Kier alpha value is -2.24. The quantitative estimate of drug-likeness (QED) is 0.791. The van der Waals surface area contributed by atoms with Gasteiger partial charge in [0.2, 0.25) is 0 Å². The summed E-state index contributed by atoms with van der Waals surface area (Å²) < 4.78 is 19.9. The van der Waals surface area contributed by atoms with E-state index >= 15 is 0 Å². The first kappa shape index (κ1) is 13.2. The highest BCUT2D eigenvalue weighted by atomic mass is 19.1. The maximum atomic E-state index is 13.5. The van der Waals surface area contributed by atoms with Crippen LogP contribution in [0, 0.1) is 12.7 Å². The van der Waals surface area contributed by atoms with Crippen molar-refractivity contribution in [1.29, 1.82) is 0 Å². The molecule has 0 radical (unpaired) electrons. The van der Waals surface area contributed by atoms with Crippen LogP contribution in [-0.4, -0.2) is 27.6 Å². The summed E-state index contributed by atoms with van der Waals surface area (Å²) in [5, 5.41) is 7.63. The monoisotopic (exact) mass is 263 g/mol. The van der Waals surface area contributed by atoms with Crippen LogP contribution in [0.25, 0.3) is 0 Å². The maximum Gasteiger partial charge on any atom is 0.360 e. The van der Waals surface area contributed by atoms with Gasteiger partial charge in [-0.2, -0.15) is 0 Å². The fraction of sp³-hybridized carbons (Fsp3) is 0.308. The van der Waals surface area contributed by atoms with Gasteiger partial charge < -0.3 is 4.74 Å². The van der Waals surface area contributed by atoms with Crippen molar-refractivity contribution in [2.45, 2.75) is 20.4 Å². The zero-order valence-corrected chi connectivity index (χ0v) is 10.8. The molecule has 19 heavy (non-hydrogen) atoms. The number of hydrogen-bond acceptors (Lipinski definition) is 4. The van der Waals surface area contributed by atoms with E-state index in [1.54, 1.807) is 32.0 Å². The minimum atomic E-state index is -0.514. The molecule has 6 heteroatoms. The lowest BCUT2D eigenvalue weighted by atomic mass is 10.2. The summed E-state index contributed by atoms with van der Waals surface area (Å²) in [6.45, 7) is 3.92. The molecule has 1 aromatic heterocycles. The fourth-order valence-corrected chi connectivity index (χ4v) is 1.69. The number of hydrogen-bond donors (Lipinski definition) is 0. The van der Waals surface area contributed by atoms with Gasteiger partial charge in [0.05, 0.1) is 18.8 Å². The molecule has 1 aromatic carbocycles. The molecular weight excluding hydrogens is 249 g/mol. The first-order valence-electron chi connectivity index (χ1n) is 5.94. The Labute approximate surface area is 110 Å². The third kappa shape index (κ3) is 2.78. The van der Waals surface area contributed by atoms with Gasteiger partial charge in [0.1, 0.15) is 5.82 Å². The van der Waals surface area contributed by atoms with Crippen molar-refractivity contribution in [3.05, 3.63) is 47.0 Å². The summed E-state index contributed by atoms with van der Waals surface area (Å²) in [5.41, 5.74) is 1.21. The molecule has 0 saturated heterocycles. The van der Waals surface area contributed by atoms with E-state index in [2.05, 4.69) is 10.3 Å². The summed E-state index contributed by atoms with van der Waals surface area (Å²) in [4.78, 5) is 11.6. The van der Waals surface area contributed by atoms with Gasteiger partial charge in [-0.15, -0.1) is 5.10 Å². The molecule has 0 spiro atoms. The summed E-state index contributed by atoms with van der Waals surface area (Å²) >= 11 is 0. The van der Waals surface area contributed by atoms with Crippen molar-refractivity contribution in [1.82, 2.24) is 15.0 Å². The first-order valence-corrected chi connectivity index (χ1v) is 5.94. The summed E-state index contributed by atoms with van der Waals surface area (Å²) in [5.74, 6) is -0.824. The number of carbonyl (C=O) groups is 1. The number of nitrogens with zero attached hydrogens (tertiary/aromatic N) is 3. The second-order valence-electron chi connectivity index (χ2n) is 3.99. The van der Waals surface area contributed by atoms with E-state index in [-0.39, 0.29) is 24.7 Å². The highest BCUT2D eigenvalue weighted by Crippen LogP contribution is 2.11. The van der Waals surface area contributed by atoms with E-state index in [0.29, 0.717) is 11.3 Å². The van der Waals surface area contributed by atoms with Crippen molar-refractivity contribution >= 4 is 5.97 Å². The molecule has 0 saturated carbocycles. The van der Waals surface area contributed by atoms with Crippen LogP contribution in [0.5, 0.6) is 0 Å². The Kier molecular flexibility index (Phi) is 3.89. The standard InChI is InChI=1S/C13H14FN3O2/c1-3-19-13(18)12-9(2)17(16-15-12)8-10-6-4-5-7-11(10)14/h4-7H,3,8H2,1-2H3. The number of esters is 1. The Morgan fingerprint density at radius 1 is 1.42 bits per heavy atom. The van der Waals surface area contributed by atoms with Gasteiger partial charge in [-0.1, -0.05) is 23.4 Å². The van der Waals surface area contributed by atoms with Crippen molar-refractivity contribution < 1.29 is 13.9 Å². The molecule has 0 N–H and O–H groups in total. The molecule has 0 aliphatic heterocycles. The predicted octanol–water partition coefficient (Wildman–Crippen LogP) is 1.95. The lowest BCUT2D eigenvalue weighted by molar-refractivity contribution is 0.0518. The Bertz CT molecular complexity index is 595. The highest BCUT2D eigenvalue weighted by molar-refractivity contribution is 5.88. The van der Waals surface area contributed by atoms with Crippen LogP contribution in [0.3, 0.4) is 0 Å². The molecule has 0 aliphatic carbocycles. The predicted molar refractivity (Wildman–Crippen MR) is 66.2 cm³/mol. The van der Waals surface area contributed by atoms with Gasteiger partial charge in [0.25, 0.3) is 0 Å². The van der Waals surface area contributed by atoms with Crippen LogP contribution in [0.15, 0.2) is 24.3 Å². The maximum absolute atomic E-state index is 13.5. The second kappa shape index (κ2) is 5.60. The molecular formula is C13H14FN3O2. The molecule has 0 fully saturated rings. The minimum Gasteiger partial charge on any atom is -0.461 e. The SMILES string of the molecule is CCOC(=O)c1nnn(Cc2ccccc2F)c1C. The zero-order chi connectivity index (χ0) is 13.8. The molecule has 0 unspecified atom stereocenters. The van der Waals surface area contributed by atoms with Crippen molar-refractivity contribution in [3.63, 3.8) is 0 Å². The average Bonchev–Trinajstić information content (AvgIpc) is 2.74. The van der Waals surface area contributed by atoms with E-state index in [1.165, 1.54) is 10.7 Å². The number of carbonyl (C=O) groups excluding carboxylic acids is 1. The summed E-state index contributed by atoms with van der Waals surface area (Å²) in [6, 6.07) is 6.42. The number of benzene rings is 1. The lowest BCUT2D eigenvalue weighted by Gasteiger charge is -2.05. The third-order valence-corrected chi connectivity index (χ3v) is 2.73. The minimum absolute atomic E-state index is 0.165. The molecule has 5 nitrogen and oxygen atoms in total. The number of halogens is 1. The lowest BCUT2D eigenvalue weighted by Crippen LogP contribution is -2.09. The van der Waals surface area contributed by atoms with E-state index in [1.807, 2.05) is 0 Å². The smallest absolute Gasteiger partial charge is 0.360 e. The van der Waals surface area contributed by atoms with Crippen molar-refractivity contribution in [2.75, 3.05) is 6.61 Å². The largest absolute Gasteiger partial charge is 0.461 e. The zero-order valence-electron chi connectivity index (χ0n) is 10.8. The van der Waals surface area contributed by atoms with Gasteiger partial charge in [-0.05, 0) is 19.9 Å². The van der Waals surface area contributed by atoms with Crippen LogP contribution in [0.1, 0.15) is 28.7 Å². The summed E-state index contributed by atoms with van der Waals surface area (Å²) in [6.07, 6.45) is 0. The van der Waals surface area contributed by atoms with Crippen molar-refractivity contribution in [2.24, 2.45) is 0 Å². The average molecular weight is 263 g/mol. The normalized spacial score (nSPS) is 10.5. The van der Waals surface area contributed by atoms with Crippen LogP contribution >= 0.6 is 0 Å². The van der Waals surface area contributed by atoms with Gasteiger partial charge in [-0.3, -0.25) is 0 Å². The Morgan fingerprint density at radius 3 is 2.84 bits per heavy atom. The molecule has 0 aliphatic rings.